The Balaban J connectivity index is 1.44. The van der Waals surface area contributed by atoms with Crippen molar-refractivity contribution in [1.82, 2.24) is 15.8 Å². The number of aromatic amines is 1. The van der Waals surface area contributed by atoms with Gasteiger partial charge in [-0.3, -0.25) is 30.6 Å². The molecule has 0 radical (unpaired) electrons. The minimum absolute atomic E-state index is 0.104. The number of nitro benzene ring substituents is 1. The van der Waals surface area contributed by atoms with E-state index in [0.717, 1.165) is 22.9 Å². The number of aromatic nitrogens is 1. The van der Waals surface area contributed by atoms with E-state index in [9.17, 15) is 19.7 Å². The number of benzene rings is 2. The Kier molecular flexibility index (Phi) is 5.46. The van der Waals surface area contributed by atoms with Gasteiger partial charge in [-0.15, -0.1) is 0 Å². The Morgan fingerprint density at radius 2 is 1.78 bits per heavy atom. The number of hydrogen-bond donors (Lipinski definition) is 3. The van der Waals surface area contributed by atoms with Gasteiger partial charge in [-0.1, -0.05) is 18.2 Å². The van der Waals surface area contributed by atoms with Gasteiger partial charge in [0.1, 0.15) is 0 Å². The zero-order valence-electron chi connectivity index (χ0n) is 14.4. The van der Waals surface area contributed by atoms with Crippen molar-refractivity contribution in [2.45, 2.75) is 19.3 Å². The maximum Gasteiger partial charge on any atom is 0.269 e. The van der Waals surface area contributed by atoms with Gasteiger partial charge in [0.2, 0.25) is 5.91 Å². The lowest BCUT2D eigenvalue weighted by atomic mass is 10.1. The minimum atomic E-state index is -0.544. The van der Waals surface area contributed by atoms with Gasteiger partial charge < -0.3 is 4.98 Å². The molecular weight excluding hydrogens is 348 g/mol. The molecule has 0 aliphatic carbocycles. The van der Waals surface area contributed by atoms with Crippen LogP contribution < -0.4 is 10.9 Å². The summed E-state index contributed by atoms with van der Waals surface area (Å²) in [5, 5.41) is 11.7. The average molecular weight is 366 g/mol. The molecular formula is C19H18N4O4. The van der Waals surface area contributed by atoms with Gasteiger partial charge >= 0.3 is 0 Å². The molecule has 8 nitrogen and oxygen atoms in total. The van der Waals surface area contributed by atoms with Crippen LogP contribution in [0.4, 0.5) is 5.69 Å². The molecule has 0 aliphatic heterocycles. The standard InChI is InChI=1S/C19H18N4O4/c24-18(7-3-4-14-12-20-17-6-2-1-5-16(14)17)21-22-19(25)13-8-10-15(11-9-13)23(26)27/h1-2,5-6,8-12,20H,3-4,7H2,(H,21,24)(H,22,25). The van der Waals surface area contributed by atoms with Crippen LogP contribution >= 0.6 is 0 Å². The summed E-state index contributed by atoms with van der Waals surface area (Å²) in [5.74, 6) is -0.833. The summed E-state index contributed by atoms with van der Waals surface area (Å²) in [4.78, 5) is 37.1. The topological polar surface area (TPSA) is 117 Å². The second kappa shape index (κ2) is 8.13. The molecule has 27 heavy (non-hydrogen) atoms. The van der Waals surface area contributed by atoms with Gasteiger partial charge in [0, 0.05) is 41.2 Å². The third kappa shape index (κ3) is 4.49. The minimum Gasteiger partial charge on any atom is -0.361 e. The molecule has 2 aromatic carbocycles. The first kappa shape index (κ1) is 18.1. The molecule has 3 aromatic rings. The Morgan fingerprint density at radius 3 is 2.52 bits per heavy atom. The van der Waals surface area contributed by atoms with Crippen molar-refractivity contribution in [3.05, 3.63) is 76.0 Å². The van der Waals surface area contributed by atoms with E-state index in [-0.39, 0.29) is 23.6 Å². The second-order valence-corrected chi connectivity index (χ2v) is 6.02. The van der Waals surface area contributed by atoms with Crippen LogP contribution in [0, 0.1) is 10.1 Å². The van der Waals surface area contributed by atoms with Crippen LogP contribution in [-0.4, -0.2) is 21.7 Å². The number of carbonyl (C=O) groups excluding carboxylic acids is 2. The van der Waals surface area contributed by atoms with Crippen LogP contribution in [0.2, 0.25) is 0 Å². The molecule has 0 fully saturated rings. The fourth-order valence-electron chi connectivity index (χ4n) is 2.77. The zero-order chi connectivity index (χ0) is 19.2. The largest absolute Gasteiger partial charge is 0.361 e. The van der Waals surface area contributed by atoms with Gasteiger partial charge in [0.05, 0.1) is 4.92 Å². The average Bonchev–Trinajstić information content (AvgIpc) is 3.09. The summed E-state index contributed by atoms with van der Waals surface area (Å²) >= 11 is 0. The first-order valence-electron chi connectivity index (χ1n) is 8.43. The molecule has 3 N–H and O–H groups in total. The summed E-state index contributed by atoms with van der Waals surface area (Å²) in [6, 6.07) is 13.1. The van der Waals surface area contributed by atoms with Crippen LogP contribution in [0.5, 0.6) is 0 Å². The predicted octanol–water partition coefficient (Wildman–Crippen LogP) is 2.86. The molecule has 0 aliphatic rings. The quantitative estimate of drug-likeness (QED) is 0.459. The number of carbonyl (C=O) groups is 2. The highest BCUT2D eigenvalue weighted by molar-refractivity contribution is 5.95. The molecule has 0 unspecified atom stereocenters. The first-order valence-corrected chi connectivity index (χ1v) is 8.43. The third-order valence-electron chi connectivity index (χ3n) is 4.18. The smallest absolute Gasteiger partial charge is 0.269 e. The second-order valence-electron chi connectivity index (χ2n) is 6.02. The van der Waals surface area contributed by atoms with E-state index < -0.39 is 10.8 Å². The number of H-pyrrole nitrogens is 1. The summed E-state index contributed by atoms with van der Waals surface area (Å²) in [5.41, 5.74) is 6.99. The molecule has 0 bridgehead atoms. The van der Waals surface area contributed by atoms with Crippen molar-refractivity contribution in [2.75, 3.05) is 0 Å². The fourth-order valence-corrected chi connectivity index (χ4v) is 2.77. The Hall–Kier alpha value is -3.68. The summed E-state index contributed by atoms with van der Waals surface area (Å²) in [6.07, 6.45) is 3.59. The van der Waals surface area contributed by atoms with Crippen LogP contribution in [0.15, 0.2) is 54.7 Å². The molecule has 8 heteroatoms. The van der Waals surface area contributed by atoms with E-state index in [2.05, 4.69) is 15.8 Å². The summed E-state index contributed by atoms with van der Waals surface area (Å²) in [7, 11) is 0. The lowest BCUT2D eigenvalue weighted by molar-refractivity contribution is -0.384. The van der Waals surface area contributed by atoms with E-state index in [1.807, 2.05) is 30.5 Å². The molecule has 0 saturated heterocycles. The van der Waals surface area contributed by atoms with Gasteiger partial charge in [-0.25, -0.2) is 0 Å². The molecule has 1 aromatic heterocycles. The van der Waals surface area contributed by atoms with E-state index in [1.54, 1.807) is 0 Å². The third-order valence-corrected chi connectivity index (χ3v) is 4.18. The number of amides is 2. The van der Waals surface area contributed by atoms with E-state index >= 15 is 0 Å². The lowest BCUT2D eigenvalue weighted by Crippen LogP contribution is -2.41. The van der Waals surface area contributed by atoms with Crippen molar-refractivity contribution in [3.8, 4) is 0 Å². The highest BCUT2D eigenvalue weighted by atomic mass is 16.6. The van der Waals surface area contributed by atoms with Gasteiger partial charge in [0.25, 0.3) is 11.6 Å². The fraction of sp³-hybridized carbons (Fsp3) is 0.158. The number of hydrogen-bond acceptors (Lipinski definition) is 4. The first-order chi connectivity index (χ1) is 13.0. The number of para-hydroxylation sites is 1. The molecule has 3 rings (SSSR count). The van der Waals surface area contributed by atoms with Crippen molar-refractivity contribution < 1.29 is 14.5 Å². The van der Waals surface area contributed by atoms with Gasteiger partial charge in [-0.05, 0) is 36.6 Å². The Morgan fingerprint density at radius 1 is 1.04 bits per heavy atom. The highest BCUT2D eigenvalue weighted by Crippen LogP contribution is 2.19. The van der Waals surface area contributed by atoms with Crippen LogP contribution in [-0.2, 0) is 11.2 Å². The molecule has 1 heterocycles. The number of non-ortho nitro benzene ring substituents is 1. The summed E-state index contributed by atoms with van der Waals surface area (Å²) < 4.78 is 0. The SMILES string of the molecule is O=C(CCCc1c[nH]c2ccccc12)NNC(=O)c1ccc([N+](=O)[O-])cc1. The number of nitro groups is 1. The van der Waals surface area contributed by atoms with E-state index in [4.69, 9.17) is 0 Å². The van der Waals surface area contributed by atoms with Crippen LogP contribution in [0.3, 0.4) is 0 Å². The Bertz CT molecular complexity index is 979. The number of rotatable bonds is 6. The van der Waals surface area contributed by atoms with Crippen molar-refractivity contribution in [1.29, 1.82) is 0 Å². The van der Waals surface area contributed by atoms with Crippen molar-refractivity contribution >= 4 is 28.4 Å². The molecule has 0 atom stereocenters. The molecule has 0 saturated carbocycles. The number of nitrogens with zero attached hydrogens (tertiary/aromatic N) is 1. The molecule has 138 valence electrons. The van der Waals surface area contributed by atoms with E-state index in [0.29, 0.717) is 6.42 Å². The predicted molar refractivity (Wildman–Crippen MR) is 99.9 cm³/mol. The number of fused-ring (bicyclic) bond motifs is 1. The van der Waals surface area contributed by atoms with Gasteiger partial charge in [0.15, 0.2) is 0 Å². The van der Waals surface area contributed by atoms with E-state index in [1.165, 1.54) is 24.3 Å². The molecule has 2 amide bonds. The normalized spacial score (nSPS) is 10.5. The lowest BCUT2D eigenvalue weighted by Gasteiger charge is -2.07. The van der Waals surface area contributed by atoms with Crippen molar-refractivity contribution in [2.24, 2.45) is 0 Å². The number of nitrogens with one attached hydrogen (secondary N) is 3. The zero-order valence-corrected chi connectivity index (χ0v) is 14.4. The van der Waals surface area contributed by atoms with Crippen LogP contribution in [0.25, 0.3) is 10.9 Å². The summed E-state index contributed by atoms with van der Waals surface area (Å²) in [6.45, 7) is 0. The molecule has 0 spiro atoms. The van der Waals surface area contributed by atoms with Crippen LogP contribution in [0.1, 0.15) is 28.8 Å². The Labute approximate surface area is 154 Å². The van der Waals surface area contributed by atoms with Gasteiger partial charge in [-0.2, -0.15) is 0 Å². The van der Waals surface area contributed by atoms with Crippen molar-refractivity contribution in [3.63, 3.8) is 0 Å². The maximum absolute atomic E-state index is 11.9. The highest BCUT2D eigenvalue weighted by Gasteiger charge is 2.10. The maximum atomic E-state index is 11.9. The number of hydrazine groups is 1. The monoisotopic (exact) mass is 366 g/mol. The number of aryl methyl sites for hydroxylation is 1.